The van der Waals surface area contributed by atoms with Crippen molar-refractivity contribution in [2.75, 3.05) is 24.7 Å². The molecule has 0 aliphatic rings. The van der Waals surface area contributed by atoms with Crippen LogP contribution in [0.3, 0.4) is 0 Å². The van der Waals surface area contributed by atoms with E-state index >= 15 is 0 Å². The third-order valence-electron chi connectivity index (χ3n) is 3.55. The summed E-state index contributed by atoms with van der Waals surface area (Å²) in [4.78, 5) is 35.3. The molecule has 148 valence electrons. The van der Waals surface area contributed by atoms with Gasteiger partial charge in [0, 0.05) is 11.9 Å². The van der Waals surface area contributed by atoms with Crippen LogP contribution in [0.4, 0.5) is 5.69 Å². The molecule has 0 spiro atoms. The van der Waals surface area contributed by atoms with Crippen molar-refractivity contribution in [3.63, 3.8) is 0 Å². The number of sulfone groups is 1. The Balaban J connectivity index is 1.73. The molecular weight excluding hydrogens is 384 g/mol. The van der Waals surface area contributed by atoms with Gasteiger partial charge in [0.15, 0.2) is 16.4 Å². The van der Waals surface area contributed by atoms with Gasteiger partial charge >= 0.3 is 5.97 Å². The summed E-state index contributed by atoms with van der Waals surface area (Å²) in [6.07, 6.45) is 1.19. The number of ether oxygens (including phenoxy) is 1. The van der Waals surface area contributed by atoms with Gasteiger partial charge in [0.1, 0.15) is 6.54 Å². The second kappa shape index (κ2) is 9.65. The molecular formula is C19H20N2O6S. The van der Waals surface area contributed by atoms with Gasteiger partial charge in [-0.3, -0.25) is 14.4 Å². The number of anilines is 1. The Bertz CT molecular complexity index is 957. The summed E-state index contributed by atoms with van der Waals surface area (Å²) >= 11 is 0. The molecule has 0 heterocycles. The highest BCUT2D eigenvalue weighted by Gasteiger charge is 2.12. The monoisotopic (exact) mass is 404 g/mol. The van der Waals surface area contributed by atoms with Gasteiger partial charge in [-0.05, 0) is 23.8 Å². The zero-order valence-electron chi connectivity index (χ0n) is 15.2. The SMILES string of the molecule is CS(=O)(=O)c1cccc(NC(=O)COC(=O)CNC(=O)Cc2ccccc2)c1. The van der Waals surface area contributed by atoms with E-state index in [9.17, 15) is 22.8 Å². The van der Waals surface area contributed by atoms with Crippen molar-refractivity contribution in [1.82, 2.24) is 5.32 Å². The van der Waals surface area contributed by atoms with Gasteiger partial charge < -0.3 is 15.4 Å². The molecule has 2 rings (SSSR count). The lowest BCUT2D eigenvalue weighted by Gasteiger charge is -2.08. The number of esters is 1. The maximum Gasteiger partial charge on any atom is 0.325 e. The first-order valence-corrected chi connectivity index (χ1v) is 10.2. The van der Waals surface area contributed by atoms with Crippen LogP contribution in [0.5, 0.6) is 0 Å². The molecule has 2 aromatic carbocycles. The summed E-state index contributed by atoms with van der Waals surface area (Å²) in [5, 5.41) is 4.86. The molecule has 0 saturated heterocycles. The molecule has 0 aromatic heterocycles. The fourth-order valence-corrected chi connectivity index (χ4v) is 2.88. The molecule has 0 unspecified atom stereocenters. The Hall–Kier alpha value is -3.20. The van der Waals surface area contributed by atoms with Crippen LogP contribution in [0.1, 0.15) is 5.56 Å². The Labute approximate surface area is 162 Å². The largest absolute Gasteiger partial charge is 0.454 e. The number of hydrogen-bond acceptors (Lipinski definition) is 6. The molecule has 0 atom stereocenters. The Morgan fingerprint density at radius 2 is 1.68 bits per heavy atom. The van der Waals surface area contributed by atoms with Gasteiger partial charge in [0.2, 0.25) is 5.91 Å². The molecule has 0 saturated carbocycles. The molecule has 0 bridgehead atoms. The second-order valence-electron chi connectivity index (χ2n) is 5.95. The lowest BCUT2D eigenvalue weighted by Crippen LogP contribution is -2.33. The summed E-state index contributed by atoms with van der Waals surface area (Å²) < 4.78 is 27.8. The zero-order valence-corrected chi connectivity index (χ0v) is 16.0. The molecule has 8 nitrogen and oxygen atoms in total. The molecule has 0 fully saturated rings. The standard InChI is InChI=1S/C19H20N2O6S/c1-28(25,26)16-9-5-8-15(11-16)21-18(23)13-27-19(24)12-20-17(22)10-14-6-3-2-4-7-14/h2-9,11H,10,12-13H2,1H3,(H,20,22)(H,21,23). The van der Waals surface area contributed by atoms with Crippen LogP contribution in [0.25, 0.3) is 0 Å². The molecule has 9 heteroatoms. The number of carbonyl (C=O) groups excluding carboxylic acids is 3. The van der Waals surface area contributed by atoms with E-state index in [0.717, 1.165) is 11.8 Å². The third kappa shape index (κ3) is 7.20. The predicted octanol–water partition coefficient (Wildman–Crippen LogP) is 0.931. The summed E-state index contributed by atoms with van der Waals surface area (Å²) in [5.74, 6) is -1.73. The number of benzene rings is 2. The second-order valence-corrected chi connectivity index (χ2v) is 7.96. The van der Waals surface area contributed by atoms with Gasteiger partial charge in [0.25, 0.3) is 5.91 Å². The van der Waals surface area contributed by atoms with Crippen molar-refractivity contribution in [2.45, 2.75) is 11.3 Å². The number of hydrogen-bond donors (Lipinski definition) is 2. The molecule has 0 aliphatic heterocycles. The summed E-state index contributed by atoms with van der Waals surface area (Å²) in [7, 11) is -3.40. The minimum Gasteiger partial charge on any atom is -0.454 e. The maximum absolute atomic E-state index is 11.8. The van der Waals surface area contributed by atoms with E-state index in [-0.39, 0.29) is 29.5 Å². The number of nitrogens with one attached hydrogen (secondary N) is 2. The topological polar surface area (TPSA) is 119 Å². The normalized spacial score (nSPS) is 10.8. The number of amides is 2. The van der Waals surface area contributed by atoms with Crippen LogP contribution in [0, 0.1) is 0 Å². The summed E-state index contributed by atoms with van der Waals surface area (Å²) in [5.41, 5.74) is 1.07. The lowest BCUT2D eigenvalue weighted by molar-refractivity contribution is -0.147. The third-order valence-corrected chi connectivity index (χ3v) is 4.66. The highest BCUT2D eigenvalue weighted by molar-refractivity contribution is 7.90. The van der Waals surface area contributed by atoms with Crippen LogP contribution in [-0.2, 0) is 35.4 Å². The van der Waals surface area contributed by atoms with Gasteiger partial charge in [-0.15, -0.1) is 0 Å². The van der Waals surface area contributed by atoms with Crippen LogP contribution < -0.4 is 10.6 Å². The lowest BCUT2D eigenvalue weighted by atomic mass is 10.1. The highest BCUT2D eigenvalue weighted by atomic mass is 32.2. The smallest absolute Gasteiger partial charge is 0.325 e. The first-order valence-electron chi connectivity index (χ1n) is 8.30. The van der Waals surface area contributed by atoms with Crippen LogP contribution in [0.2, 0.25) is 0 Å². The first kappa shape index (κ1) is 21.1. The van der Waals surface area contributed by atoms with Gasteiger partial charge in [-0.2, -0.15) is 0 Å². The van der Waals surface area contributed by atoms with E-state index in [1.807, 2.05) is 6.07 Å². The fraction of sp³-hybridized carbons (Fsp3) is 0.211. The molecule has 2 N–H and O–H groups in total. The number of rotatable bonds is 8. The van der Waals surface area contributed by atoms with Crippen molar-refractivity contribution in [2.24, 2.45) is 0 Å². The van der Waals surface area contributed by atoms with Gasteiger partial charge in [0.05, 0.1) is 11.3 Å². The molecule has 0 aliphatic carbocycles. The summed E-state index contributed by atoms with van der Waals surface area (Å²) in [6, 6.07) is 14.7. The van der Waals surface area contributed by atoms with E-state index < -0.39 is 28.3 Å². The highest BCUT2D eigenvalue weighted by Crippen LogP contribution is 2.15. The maximum atomic E-state index is 11.8. The van der Waals surface area contributed by atoms with Crippen LogP contribution in [0.15, 0.2) is 59.5 Å². The van der Waals surface area contributed by atoms with Crippen molar-refractivity contribution in [1.29, 1.82) is 0 Å². The Kier molecular flexibility index (Phi) is 7.28. The van der Waals surface area contributed by atoms with Crippen LogP contribution >= 0.6 is 0 Å². The molecule has 2 aromatic rings. The fourth-order valence-electron chi connectivity index (χ4n) is 2.21. The summed E-state index contributed by atoms with van der Waals surface area (Å²) in [6.45, 7) is -0.918. The minimum absolute atomic E-state index is 0.0587. The van der Waals surface area contributed by atoms with E-state index in [1.54, 1.807) is 24.3 Å². The van der Waals surface area contributed by atoms with Crippen molar-refractivity contribution >= 4 is 33.3 Å². The minimum atomic E-state index is -3.40. The Morgan fingerprint density at radius 1 is 0.964 bits per heavy atom. The molecule has 0 radical (unpaired) electrons. The Morgan fingerprint density at radius 3 is 2.36 bits per heavy atom. The molecule has 28 heavy (non-hydrogen) atoms. The van der Waals surface area contributed by atoms with Crippen molar-refractivity contribution in [3.05, 3.63) is 60.2 Å². The van der Waals surface area contributed by atoms with E-state index in [4.69, 9.17) is 4.74 Å². The van der Waals surface area contributed by atoms with Gasteiger partial charge in [-0.25, -0.2) is 8.42 Å². The van der Waals surface area contributed by atoms with Crippen LogP contribution in [-0.4, -0.2) is 45.6 Å². The number of carbonyl (C=O) groups is 3. The van der Waals surface area contributed by atoms with Crippen molar-refractivity contribution in [3.8, 4) is 0 Å². The quantitative estimate of drug-likeness (QED) is 0.632. The predicted molar refractivity (Wildman–Crippen MR) is 102 cm³/mol. The van der Waals surface area contributed by atoms with Gasteiger partial charge in [-0.1, -0.05) is 36.4 Å². The molecule has 2 amide bonds. The van der Waals surface area contributed by atoms with E-state index in [1.165, 1.54) is 24.3 Å². The average molecular weight is 404 g/mol. The zero-order chi connectivity index (χ0) is 20.6. The van der Waals surface area contributed by atoms with E-state index in [0.29, 0.717) is 0 Å². The average Bonchev–Trinajstić information content (AvgIpc) is 2.65. The van der Waals surface area contributed by atoms with E-state index in [2.05, 4.69) is 10.6 Å². The first-order chi connectivity index (χ1) is 13.2. The van der Waals surface area contributed by atoms with Crippen molar-refractivity contribution < 1.29 is 27.5 Å².